The van der Waals surface area contributed by atoms with Crippen LogP contribution in [0.1, 0.15) is 46.6 Å². The quantitative estimate of drug-likeness (QED) is 0.342. The van der Waals surface area contributed by atoms with Crippen molar-refractivity contribution in [3.05, 3.63) is 65.3 Å². The van der Waals surface area contributed by atoms with Gasteiger partial charge in [0.25, 0.3) is 0 Å². The molecular weight excluding hydrogens is 296 g/mol. The van der Waals surface area contributed by atoms with Crippen molar-refractivity contribution < 1.29 is 9.53 Å². The number of carbonyl (C=O) groups is 1. The molecule has 0 N–H and O–H groups in total. The first-order valence-corrected chi connectivity index (χ1v) is 8.69. The molecule has 24 heavy (non-hydrogen) atoms. The van der Waals surface area contributed by atoms with Crippen LogP contribution < -0.4 is 0 Å². The summed E-state index contributed by atoms with van der Waals surface area (Å²) >= 11 is 0. The second-order valence-corrected chi connectivity index (χ2v) is 6.42. The van der Waals surface area contributed by atoms with E-state index in [1.54, 1.807) is 0 Å². The maximum Gasteiger partial charge on any atom is 0.333 e. The molecule has 0 saturated carbocycles. The van der Waals surface area contributed by atoms with E-state index in [1.165, 1.54) is 11.1 Å². The summed E-state index contributed by atoms with van der Waals surface area (Å²) in [5, 5.41) is 0. The van der Waals surface area contributed by atoms with E-state index in [-0.39, 0.29) is 5.97 Å². The third-order valence-electron chi connectivity index (χ3n) is 3.76. The first kappa shape index (κ1) is 20.0. The van der Waals surface area contributed by atoms with Crippen LogP contribution in [0.25, 0.3) is 6.08 Å². The lowest BCUT2D eigenvalue weighted by Crippen LogP contribution is -2.07. The molecule has 0 radical (unpaired) electrons. The average Bonchev–Trinajstić information content (AvgIpc) is 2.53. The zero-order valence-electron chi connectivity index (χ0n) is 15.6. The lowest BCUT2D eigenvalue weighted by molar-refractivity contribution is -0.138. The van der Waals surface area contributed by atoms with Gasteiger partial charge in [0.05, 0.1) is 6.61 Å². The van der Waals surface area contributed by atoms with E-state index >= 15 is 0 Å². The van der Waals surface area contributed by atoms with Crippen LogP contribution in [-0.4, -0.2) is 12.6 Å². The normalized spacial score (nSPS) is 15.4. The van der Waals surface area contributed by atoms with Gasteiger partial charge in [-0.25, -0.2) is 4.79 Å². The van der Waals surface area contributed by atoms with E-state index in [9.17, 15) is 4.79 Å². The topological polar surface area (TPSA) is 26.3 Å². The highest BCUT2D eigenvalue weighted by atomic mass is 16.5. The minimum Gasteiger partial charge on any atom is -0.463 e. The summed E-state index contributed by atoms with van der Waals surface area (Å²) in [6, 6.07) is 10.3. The van der Waals surface area contributed by atoms with Crippen molar-refractivity contribution in [2.45, 2.75) is 41.0 Å². The molecule has 130 valence electrons. The average molecular weight is 326 g/mol. The van der Waals surface area contributed by atoms with Crippen molar-refractivity contribution in [2.24, 2.45) is 11.8 Å². The van der Waals surface area contributed by atoms with Crippen molar-refractivity contribution in [1.82, 2.24) is 0 Å². The number of benzene rings is 1. The minimum atomic E-state index is -0.213. The fourth-order valence-electron chi connectivity index (χ4n) is 2.76. The molecule has 0 aliphatic rings. The van der Waals surface area contributed by atoms with Crippen molar-refractivity contribution in [1.29, 1.82) is 0 Å². The van der Waals surface area contributed by atoms with Crippen LogP contribution in [0.15, 0.2) is 59.7 Å². The first-order chi connectivity index (χ1) is 11.4. The highest BCUT2D eigenvalue weighted by Gasteiger charge is 2.09. The Kier molecular flexibility index (Phi) is 8.85. The molecule has 0 aliphatic heterocycles. The number of carbonyl (C=O) groups excluding carboxylic acids is 1. The summed E-state index contributed by atoms with van der Waals surface area (Å²) in [5.74, 6) is 0.577. The second kappa shape index (κ2) is 10.6. The van der Waals surface area contributed by atoms with Crippen molar-refractivity contribution >= 4 is 12.0 Å². The highest BCUT2D eigenvalue weighted by molar-refractivity contribution is 5.87. The van der Waals surface area contributed by atoms with Crippen molar-refractivity contribution in [2.75, 3.05) is 6.61 Å². The Morgan fingerprint density at radius 3 is 2.33 bits per heavy atom. The molecule has 0 aromatic heterocycles. The number of rotatable bonds is 8. The van der Waals surface area contributed by atoms with Crippen LogP contribution in [0.3, 0.4) is 0 Å². The predicted octanol–water partition coefficient (Wildman–Crippen LogP) is 5.82. The molecule has 0 spiro atoms. The molecule has 1 rings (SSSR count). The molecule has 2 nitrogen and oxygen atoms in total. The van der Waals surface area contributed by atoms with Gasteiger partial charge in [0.15, 0.2) is 0 Å². The van der Waals surface area contributed by atoms with Gasteiger partial charge in [-0.15, -0.1) is 0 Å². The summed E-state index contributed by atoms with van der Waals surface area (Å²) in [7, 11) is 0. The molecule has 0 heterocycles. The van der Waals surface area contributed by atoms with Gasteiger partial charge >= 0.3 is 5.97 Å². The molecule has 0 fully saturated rings. The number of ether oxygens (including phenoxy) is 1. The van der Waals surface area contributed by atoms with Gasteiger partial charge in [0, 0.05) is 5.57 Å². The molecule has 1 aromatic rings. The van der Waals surface area contributed by atoms with Gasteiger partial charge in [-0.1, -0.05) is 74.1 Å². The van der Waals surface area contributed by atoms with Crippen molar-refractivity contribution in [3.8, 4) is 0 Å². The summed E-state index contributed by atoms with van der Waals surface area (Å²) in [6.07, 6.45) is 9.58. The number of hydrogen-bond donors (Lipinski definition) is 0. The third-order valence-corrected chi connectivity index (χ3v) is 3.76. The molecular formula is C22H30O2. The molecule has 0 bridgehead atoms. The maximum absolute atomic E-state index is 11.7. The van der Waals surface area contributed by atoms with E-state index < -0.39 is 0 Å². The summed E-state index contributed by atoms with van der Waals surface area (Å²) < 4.78 is 5.02. The van der Waals surface area contributed by atoms with Gasteiger partial charge in [-0.3, -0.25) is 0 Å². The smallest absolute Gasteiger partial charge is 0.333 e. The Bertz CT molecular complexity index is 594. The van der Waals surface area contributed by atoms with Crippen molar-refractivity contribution in [3.63, 3.8) is 0 Å². The third kappa shape index (κ3) is 7.96. The fourth-order valence-corrected chi connectivity index (χ4v) is 2.76. The summed E-state index contributed by atoms with van der Waals surface area (Å²) in [6.45, 7) is 10.5. The Labute approximate surface area is 146 Å². The molecule has 2 atom stereocenters. The molecule has 2 heteroatoms. The van der Waals surface area contributed by atoms with E-state index in [0.29, 0.717) is 24.0 Å². The largest absolute Gasteiger partial charge is 0.463 e. The van der Waals surface area contributed by atoms with E-state index in [1.807, 2.05) is 38.1 Å². The van der Waals surface area contributed by atoms with E-state index in [4.69, 9.17) is 4.74 Å². The highest BCUT2D eigenvalue weighted by Crippen LogP contribution is 2.18. The standard InChI is InChI=1S/C22H30O2/c1-6-24-22(23)20(5)16-19(4)15-18(3)14-17(2)12-13-21-10-8-7-9-11-21/h7-14,16,18-19H,6,15H2,1-5H3/b13-12+,17-14+,20-16-/t18-,19+/m0/s1. The van der Waals surface area contributed by atoms with Crippen LogP contribution in [0.4, 0.5) is 0 Å². The summed E-state index contributed by atoms with van der Waals surface area (Å²) in [4.78, 5) is 11.7. The maximum atomic E-state index is 11.7. The Morgan fingerprint density at radius 1 is 1.08 bits per heavy atom. The molecule has 0 saturated heterocycles. The lowest BCUT2D eigenvalue weighted by atomic mass is 9.94. The molecule has 0 amide bonds. The van der Waals surface area contributed by atoms with Gasteiger partial charge < -0.3 is 4.74 Å². The summed E-state index contributed by atoms with van der Waals surface area (Å²) in [5.41, 5.74) is 3.16. The Hall–Kier alpha value is -2.09. The van der Waals surface area contributed by atoms with Gasteiger partial charge in [0.1, 0.15) is 0 Å². The Morgan fingerprint density at radius 2 is 1.71 bits per heavy atom. The zero-order valence-corrected chi connectivity index (χ0v) is 15.6. The van der Waals surface area contributed by atoms with E-state index in [2.05, 4.69) is 51.1 Å². The monoisotopic (exact) mass is 326 g/mol. The number of allylic oxidation sites excluding steroid dienone is 4. The number of esters is 1. The SMILES string of the molecule is CCOC(=O)/C(C)=C\[C@H](C)C[C@@H](C)/C=C(C)/C=C/c1ccccc1. The van der Waals surface area contributed by atoms with Gasteiger partial charge in [-0.2, -0.15) is 0 Å². The van der Waals surface area contributed by atoms with Crippen LogP contribution in [0, 0.1) is 11.8 Å². The van der Waals surface area contributed by atoms with Gasteiger partial charge in [0.2, 0.25) is 0 Å². The van der Waals surface area contributed by atoms with Crippen LogP contribution in [0.5, 0.6) is 0 Å². The minimum absolute atomic E-state index is 0.213. The second-order valence-electron chi connectivity index (χ2n) is 6.42. The van der Waals surface area contributed by atoms with Crippen LogP contribution in [0.2, 0.25) is 0 Å². The van der Waals surface area contributed by atoms with E-state index in [0.717, 1.165) is 6.42 Å². The van der Waals surface area contributed by atoms with Crippen LogP contribution >= 0.6 is 0 Å². The molecule has 0 aliphatic carbocycles. The lowest BCUT2D eigenvalue weighted by Gasteiger charge is -2.12. The predicted molar refractivity (Wildman–Crippen MR) is 103 cm³/mol. The van der Waals surface area contributed by atoms with Gasteiger partial charge in [-0.05, 0) is 44.6 Å². The number of hydrogen-bond acceptors (Lipinski definition) is 2. The zero-order chi connectivity index (χ0) is 17.9. The molecule has 1 aromatic carbocycles. The first-order valence-electron chi connectivity index (χ1n) is 8.69. The molecule has 0 unspecified atom stereocenters. The van der Waals surface area contributed by atoms with Crippen LogP contribution in [-0.2, 0) is 9.53 Å². The fraction of sp³-hybridized carbons (Fsp3) is 0.409. The Balaban J connectivity index is 2.57.